The van der Waals surface area contributed by atoms with E-state index in [2.05, 4.69) is 16.0 Å². The monoisotopic (exact) mass is 375 g/mol. The van der Waals surface area contributed by atoms with Crippen molar-refractivity contribution in [1.82, 2.24) is 10.6 Å². The van der Waals surface area contributed by atoms with E-state index in [1.807, 2.05) is 18.2 Å². The SMILES string of the molecule is O=C(O)NCCCCC1NC(=O)CC/C=C\COc2ccccc2NC1=O. The number of unbranched alkanes of at least 4 members (excludes halogenated alkanes) is 1. The van der Waals surface area contributed by atoms with Crippen molar-refractivity contribution < 1.29 is 24.2 Å². The van der Waals surface area contributed by atoms with E-state index < -0.39 is 12.1 Å². The molecule has 1 unspecified atom stereocenters. The molecule has 0 saturated carbocycles. The van der Waals surface area contributed by atoms with E-state index in [1.165, 1.54) is 0 Å². The van der Waals surface area contributed by atoms with E-state index in [9.17, 15) is 14.4 Å². The normalized spacial score (nSPS) is 19.0. The molecule has 0 bridgehead atoms. The van der Waals surface area contributed by atoms with Crippen molar-refractivity contribution >= 4 is 23.6 Å². The maximum Gasteiger partial charge on any atom is 0.404 e. The molecule has 0 radical (unpaired) electrons. The molecule has 1 aliphatic rings. The molecule has 4 N–H and O–H groups in total. The average Bonchev–Trinajstić information content (AvgIpc) is 2.64. The molecule has 1 heterocycles. The molecule has 8 heteroatoms. The van der Waals surface area contributed by atoms with E-state index >= 15 is 0 Å². The van der Waals surface area contributed by atoms with Gasteiger partial charge in [-0.05, 0) is 37.8 Å². The fourth-order valence-electron chi connectivity index (χ4n) is 2.66. The average molecular weight is 375 g/mol. The molecule has 0 aliphatic carbocycles. The number of hydrogen-bond acceptors (Lipinski definition) is 4. The number of amides is 3. The van der Waals surface area contributed by atoms with Gasteiger partial charge in [-0.2, -0.15) is 0 Å². The van der Waals surface area contributed by atoms with Crippen molar-refractivity contribution in [3.05, 3.63) is 36.4 Å². The van der Waals surface area contributed by atoms with Gasteiger partial charge in [-0.25, -0.2) is 4.79 Å². The van der Waals surface area contributed by atoms with Crippen LogP contribution in [0.25, 0.3) is 0 Å². The van der Waals surface area contributed by atoms with Crippen molar-refractivity contribution in [2.24, 2.45) is 0 Å². The Morgan fingerprint density at radius 2 is 2.04 bits per heavy atom. The number of ether oxygens (including phenoxy) is 1. The third-order valence-electron chi connectivity index (χ3n) is 4.03. The van der Waals surface area contributed by atoms with Gasteiger partial charge in [0.1, 0.15) is 18.4 Å². The van der Waals surface area contributed by atoms with Crippen molar-refractivity contribution in [3.8, 4) is 5.75 Å². The highest BCUT2D eigenvalue weighted by Crippen LogP contribution is 2.24. The molecule has 146 valence electrons. The van der Waals surface area contributed by atoms with Crippen molar-refractivity contribution in [1.29, 1.82) is 0 Å². The lowest BCUT2D eigenvalue weighted by Gasteiger charge is -2.19. The molecule has 1 atom stereocenters. The summed E-state index contributed by atoms with van der Waals surface area (Å²) in [6.45, 7) is 0.660. The number of fused-ring (bicyclic) bond motifs is 1. The first kappa shape index (κ1) is 20.3. The smallest absolute Gasteiger partial charge is 0.404 e. The third-order valence-corrected chi connectivity index (χ3v) is 4.03. The number of carbonyl (C=O) groups excluding carboxylic acids is 2. The highest BCUT2D eigenvalue weighted by Gasteiger charge is 2.21. The van der Waals surface area contributed by atoms with E-state index in [0.717, 1.165) is 0 Å². The summed E-state index contributed by atoms with van der Waals surface area (Å²) in [5.41, 5.74) is 0.543. The standard InChI is InChI=1S/C19H25N3O5/c23-17-11-2-1-7-13-27-16-10-4-3-8-14(16)22-18(24)15(21-17)9-5-6-12-20-19(25)26/h1,3-4,7-8,10,15,20H,2,5-6,9,11-13H2,(H,21,23)(H,22,24)(H,25,26)/b7-1-. The Labute approximate surface area is 158 Å². The quantitative estimate of drug-likeness (QED) is 0.465. The molecule has 0 saturated heterocycles. The molecule has 8 nitrogen and oxygen atoms in total. The van der Waals surface area contributed by atoms with Gasteiger partial charge in [0.15, 0.2) is 0 Å². The summed E-state index contributed by atoms with van der Waals surface area (Å²) in [6.07, 6.45) is 5.08. The van der Waals surface area contributed by atoms with Gasteiger partial charge in [-0.15, -0.1) is 0 Å². The lowest BCUT2D eigenvalue weighted by Crippen LogP contribution is -2.43. The first-order valence-corrected chi connectivity index (χ1v) is 9.00. The van der Waals surface area contributed by atoms with Crippen LogP contribution < -0.4 is 20.7 Å². The zero-order valence-electron chi connectivity index (χ0n) is 15.1. The second-order valence-corrected chi connectivity index (χ2v) is 6.15. The second-order valence-electron chi connectivity index (χ2n) is 6.15. The number of nitrogens with one attached hydrogen (secondary N) is 3. The first-order valence-electron chi connectivity index (χ1n) is 9.00. The highest BCUT2D eigenvalue weighted by atomic mass is 16.5. The Kier molecular flexibility index (Phi) is 8.15. The maximum atomic E-state index is 12.7. The Morgan fingerprint density at radius 1 is 1.22 bits per heavy atom. The zero-order chi connectivity index (χ0) is 19.5. The number of rotatable bonds is 5. The summed E-state index contributed by atoms with van der Waals surface area (Å²) >= 11 is 0. The van der Waals surface area contributed by atoms with Crippen molar-refractivity contribution in [2.75, 3.05) is 18.5 Å². The van der Waals surface area contributed by atoms with Gasteiger partial charge in [0.2, 0.25) is 11.8 Å². The predicted octanol–water partition coefficient (Wildman–Crippen LogP) is 2.28. The third kappa shape index (κ3) is 7.39. The van der Waals surface area contributed by atoms with Crippen LogP contribution in [-0.2, 0) is 9.59 Å². The topological polar surface area (TPSA) is 117 Å². The number of benzene rings is 1. The van der Waals surface area contributed by atoms with E-state index in [-0.39, 0.29) is 18.2 Å². The number of carboxylic acid groups (broad SMARTS) is 1. The minimum atomic E-state index is -1.08. The van der Waals surface area contributed by atoms with Gasteiger partial charge in [-0.3, -0.25) is 9.59 Å². The van der Waals surface area contributed by atoms with Crippen LogP contribution in [0.2, 0.25) is 0 Å². The summed E-state index contributed by atoms with van der Waals surface area (Å²) in [5.74, 6) is 0.0418. The number of allylic oxidation sites excluding steroid dienone is 1. The first-order chi connectivity index (χ1) is 13.1. The van der Waals surface area contributed by atoms with Gasteiger partial charge in [0, 0.05) is 13.0 Å². The number of carbonyl (C=O) groups is 3. The van der Waals surface area contributed by atoms with Crippen molar-refractivity contribution in [3.63, 3.8) is 0 Å². The van der Waals surface area contributed by atoms with Gasteiger partial charge < -0.3 is 25.8 Å². The fraction of sp³-hybridized carbons (Fsp3) is 0.421. The Balaban J connectivity index is 2.05. The largest absolute Gasteiger partial charge is 0.487 e. The molecule has 0 aromatic heterocycles. The van der Waals surface area contributed by atoms with Crippen LogP contribution in [0.1, 0.15) is 32.1 Å². The van der Waals surface area contributed by atoms with Gasteiger partial charge >= 0.3 is 6.09 Å². The predicted molar refractivity (Wildman–Crippen MR) is 101 cm³/mol. The molecule has 0 spiro atoms. The molecule has 27 heavy (non-hydrogen) atoms. The van der Waals surface area contributed by atoms with Crippen LogP contribution >= 0.6 is 0 Å². The Morgan fingerprint density at radius 3 is 2.85 bits per heavy atom. The van der Waals surface area contributed by atoms with Crippen LogP contribution in [-0.4, -0.2) is 42.2 Å². The van der Waals surface area contributed by atoms with E-state index in [4.69, 9.17) is 9.84 Å². The minimum absolute atomic E-state index is 0.197. The van der Waals surface area contributed by atoms with Crippen LogP contribution in [0.3, 0.4) is 0 Å². The molecule has 1 aromatic carbocycles. The van der Waals surface area contributed by atoms with Crippen LogP contribution in [0.15, 0.2) is 36.4 Å². The maximum absolute atomic E-state index is 12.7. The zero-order valence-corrected chi connectivity index (χ0v) is 15.1. The fourth-order valence-corrected chi connectivity index (χ4v) is 2.66. The second kappa shape index (κ2) is 10.8. The molecule has 1 aromatic rings. The molecule has 2 rings (SSSR count). The molecular formula is C19H25N3O5. The van der Waals surface area contributed by atoms with Crippen LogP contribution in [0.5, 0.6) is 5.75 Å². The van der Waals surface area contributed by atoms with Gasteiger partial charge in [-0.1, -0.05) is 24.3 Å². The molecule has 0 fully saturated rings. The van der Waals surface area contributed by atoms with E-state index in [0.29, 0.717) is 50.3 Å². The summed E-state index contributed by atoms with van der Waals surface area (Å²) in [6, 6.07) is 6.43. The molecule has 3 amide bonds. The lowest BCUT2D eigenvalue weighted by molar-refractivity contribution is -0.126. The Hall–Kier alpha value is -3.03. The summed E-state index contributed by atoms with van der Waals surface area (Å²) < 4.78 is 5.68. The van der Waals surface area contributed by atoms with Gasteiger partial charge in [0.25, 0.3) is 0 Å². The highest BCUT2D eigenvalue weighted by molar-refractivity contribution is 5.98. The van der Waals surface area contributed by atoms with E-state index in [1.54, 1.807) is 18.2 Å². The number of para-hydroxylation sites is 2. The van der Waals surface area contributed by atoms with Crippen molar-refractivity contribution in [2.45, 2.75) is 38.1 Å². The lowest BCUT2D eigenvalue weighted by atomic mass is 10.1. The van der Waals surface area contributed by atoms with Gasteiger partial charge in [0.05, 0.1) is 5.69 Å². The number of hydrogen-bond donors (Lipinski definition) is 4. The van der Waals surface area contributed by atoms with Crippen LogP contribution in [0, 0.1) is 0 Å². The summed E-state index contributed by atoms with van der Waals surface area (Å²) in [5, 5.41) is 16.5. The molecule has 1 aliphatic heterocycles. The minimum Gasteiger partial charge on any atom is -0.487 e. The summed E-state index contributed by atoms with van der Waals surface area (Å²) in [4.78, 5) is 35.3. The summed E-state index contributed by atoms with van der Waals surface area (Å²) in [7, 11) is 0. The molecular weight excluding hydrogens is 350 g/mol. The van der Waals surface area contributed by atoms with Crippen LogP contribution in [0.4, 0.5) is 10.5 Å². The Bertz CT molecular complexity index is 690. The number of anilines is 1.